The summed E-state index contributed by atoms with van der Waals surface area (Å²) >= 11 is 0. The molecule has 0 unspecified atom stereocenters. The highest BCUT2D eigenvalue weighted by molar-refractivity contribution is 5.84. The van der Waals surface area contributed by atoms with Crippen molar-refractivity contribution in [1.29, 1.82) is 0 Å². The summed E-state index contributed by atoms with van der Waals surface area (Å²) in [4.78, 5) is 25.3. The summed E-state index contributed by atoms with van der Waals surface area (Å²) < 4.78 is 5.55. The number of hydrogen-bond acceptors (Lipinski definition) is 7. The molecule has 9 heteroatoms. The molecule has 98 valence electrons. The number of methoxy groups -OCH3 is 1. The van der Waals surface area contributed by atoms with Gasteiger partial charge >= 0.3 is 11.7 Å². The molecule has 2 aromatic rings. The minimum absolute atomic E-state index is 0.00221. The number of para-hydroxylation sites is 1. The number of esters is 1. The third-order valence-corrected chi connectivity index (χ3v) is 2.34. The fourth-order valence-corrected chi connectivity index (χ4v) is 1.50. The lowest BCUT2D eigenvalue weighted by Gasteiger charge is -2.03. The second-order valence-electron chi connectivity index (χ2n) is 3.48. The van der Waals surface area contributed by atoms with Crippen LogP contribution in [0.3, 0.4) is 0 Å². The van der Waals surface area contributed by atoms with E-state index < -0.39 is 10.9 Å². The molecule has 2 rings (SSSR count). The molecule has 1 heterocycles. The predicted molar refractivity (Wildman–Crippen MR) is 63.8 cm³/mol. The minimum Gasteiger partial charge on any atom is -0.463 e. The zero-order chi connectivity index (χ0) is 14.0. The van der Waals surface area contributed by atoms with Gasteiger partial charge in [-0.05, 0) is 12.1 Å². The van der Waals surface area contributed by atoms with Crippen LogP contribution in [-0.2, 0) is 4.74 Å². The lowest BCUT2D eigenvalue weighted by atomic mass is 10.2. The SMILES string of the molecule is COC(=O)c1ncn(-c2cccc(N)c2[N+](=O)[O-])n1. The van der Waals surface area contributed by atoms with E-state index in [-0.39, 0.29) is 22.9 Å². The molecule has 1 aromatic carbocycles. The van der Waals surface area contributed by atoms with Crippen LogP contribution < -0.4 is 5.73 Å². The molecule has 1 aromatic heterocycles. The van der Waals surface area contributed by atoms with Gasteiger partial charge in [0.2, 0.25) is 0 Å². The number of nitro groups is 1. The highest BCUT2D eigenvalue weighted by atomic mass is 16.6. The number of nitrogen functional groups attached to an aromatic ring is 1. The van der Waals surface area contributed by atoms with Crippen LogP contribution in [-0.4, -0.2) is 32.8 Å². The highest BCUT2D eigenvalue weighted by Gasteiger charge is 2.21. The fraction of sp³-hybridized carbons (Fsp3) is 0.100. The quantitative estimate of drug-likeness (QED) is 0.370. The number of nitrogens with zero attached hydrogens (tertiary/aromatic N) is 4. The van der Waals surface area contributed by atoms with Gasteiger partial charge in [-0.1, -0.05) is 6.07 Å². The molecule has 0 saturated heterocycles. The van der Waals surface area contributed by atoms with Crippen molar-refractivity contribution in [1.82, 2.24) is 14.8 Å². The lowest BCUT2D eigenvalue weighted by molar-refractivity contribution is -0.383. The highest BCUT2D eigenvalue weighted by Crippen LogP contribution is 2.28. The Balaban J connectivity index is 2.53. The van der Waals surface area contributed by atoms with Crippen LogP contribution in [0.4, 0.5) is 11.4 Å². The van der Waals surface area contributed by atoms with Gasteiger partial charge in [0, 0.05) is 0 Å². The van der Waals surface area contributed by atoms with Crippen molar-refractivity contribution in [2.75, 3.05) is 12.8 Å². The Bertz CT molecular complexity index is 651. The first-order chi connectivity index (χ1) is 9.04. The molecule has 0 amide bonds. The van der Waals surface area contributed by atoms with E-state index in [1.807, 2.05) is 0 Å². The number of ether oxygens (including phenoxy) is 1. The van der Waals surface area contributed by atoms with Gasteiger partial charge in [-0.25, -0.2) is 14.5 Å². The normalized spacial score (nSPS) is 10.2. The van der Waals surface area contributed by atoms with E-state index in [0.29, 0.717) is 0 Å². The molecule has 0 aliphatic heterocycles. The third-order valence-electron chi connectivity index (χ3n) is 2.34. The maximum Gasteiger partial charge on any atom is 0.377 e. The van der Waals surface area contributed by atoms with Crippen molar-refractivity contribution in [3.63, 3.8) is 0 Å². The van der Waals surface area contributed by atoms with E-state index in [0.717, 1.165) is 4.68 Å². The van der Waals surface area contributed by atoms with E-state index in [2.05, 4.69) is 14.8 Å². The molecule has 19 heavy (non-hydrogen) atoms. The van der Waals surface area contributed by atoms with E-state index in [9.17, 15) is 14.9 Å². The Labute approximate surface area is 106 Å². The zero-order valence-electron chi connectivity index (χ0n) is 9.81. The summed E-state index contributed by atoms with van der Waals surface area (Å²) in [7, 11) is 1.19. The number of anilines is 1. The van der Waals surface area contributed by atoms with Crippen molar-refractivity contribution in [3.8, 4) is 5.69 Å². The molecular formula is C10H9N5O4. The number of carbonyl (C=O) groups is 1. The van der Waals surface area contributed by atoms with Crippen LogP contribution in [0.1, 0.15) is 10.6 Å². The monoisotopic (exact) mass is 263 g/mol. The number of benzene rings is 1. The first kappa shape index (κ1) is 12.5. The van der Waals surface area contributed by atoms with Gasteiger partial charge in [0.1, 0.15) is 17.7 Å². The molecule has 2 N–H and O–H groups in total. The molecule has 0 aliphatic rings. The molecule has 0 radical (unpaired) electrons. The third kappa shape index (κ3) is 2.20. The smallest absolute Gasteiger partial charge is 0.377 e. The van der Waals surface area contributed by atoms with Crippen LogP contribution >= 0.6 is 0 Å². The molecule has 0 atom stereocenters. The van der Waals surface area contributed by atoms with Gasteiger partial charge in [0.25, 0.3) is 5.82 Å². The minimum atomic E-state index is -0.731. The standard InChI is InChI=1S/C10H9N5O4/c1-19-10(16)9-12-5-14(13-9)7-4-2-3-6(11)8(7)15(17)18/h2-5H,11H2,1H3. The van der Waals surface area contributed by atoms with E-state index >= 15 is 0 Å². The molecule has 0 fully saturated rings. The molecular weight excluding hydrogens is 254 g/mol. The second-order valence-corrected chi connectivity index (χ2v) is 3.48. The maximum atomic E-state index is 11.2. The summed E-state index contributed by atoms with van der Waals surface area (Å²) in [6.07, 6.45) is 1.17. The van der Waals surface area contributed by atoms with Crippen molar-refractivity contribution < 1.29 is 14.5 Å². The molecule has 0 aliphatic carbocycles. The number of nitro benzene ring substituents is 1. The fourth-order valence-electron chi connectivity index (χ4n) is 1.50. The van der Waals surface area contributed by atoms with Crippen molar-refractivity contribution in [2.24, 2.45) is 0 Å². The first-order valence-corrected chi connectivity index (χ1v) is 5.08. The van der Waals surface area contributed by atoms with Crippen LogP contribution in [0.15, 0.2) is 24.5 Å². The number of hydrogen-bond donors (Lipinski definition) is 1. The van der Waals surface area contributed by atoms with Crippen LogP contribution in [0.2, 0.25) is 0 Å². The molecule has 0 bridgehead atoms. The molecule has 0 saturated carbocycles. The van der Waals surface area contributed by atoms with Crippen molar-refractivity contribution >= 4 is 17.3 Å². The molecule has 9 nitrogen and oxygen atoms in total. The van der Waals surface area contributed by atoms with Gasteiger partial charge < -0.3 is 10.5 Å². The van der Waals surface area contributed by atoms with E-state index in [4.69, 9.17) is 5.73 Å². The van der Waals surface area contributed by atoms with E-state index in [1.165, 1.54) is 31.6 Å². The van der Waals surface area contributed by atoms with Crippen molar-refractivity contribution in [2.45, 2.75) is 0 Å². The summed E-state index contributed by atoms with van der Waals surface area (Å²) in [5.74, 6) is -0.926. The van der Waals surface area contributed by atoms with Crippen LogP contribution in [0.5, 0.6) is 0 Å². The Morgan fingerprint density at radius 2 is 2.26 bits per heavy atom. The first-order valence-electron chi connectivity index (χ1n) is 5.08. The Morgan fingerprint density at radius 1 is 1.53 bits per heavy atom. The van der Waals surface area contributed by atoms with Gasteiger partial charge in [0.15, 0.2) is 0 Å². The van der Waals surface area contributed by atoms with Gasteiger partial charge in [0.05, 0.1) is 12.0 Å². The topological polar surface area (TPSA) is 126 Å². The number of rotatable bonds is 3. The largest absolute Gasteiger partial charge is 0.463 e. The van der Waals surface area contributed by atoms with E-state index in [1.54, 1.807) is 0 Å². The second kappa shape index (κ2) is 4.72. The Hall–Kier alpha value is -2.97. The van der Waals surface area contributed by atoms with Crippen LogP contribution in [0.25, 0.3) is 5.69 Å². The average molecular weight is 263 g/mol. The zero-order valence-corrected chi connectivity index (χ0v) is 9.81. The summed E-state index contributed by atoms with van der Waals surface area (Å²) in [6.45, 7) is 0. The number of carbonyl (C=O) groups excluding carboxylic acids is 1. The summed E-state index contributed by atoms with van der Waals surface area (Å²) in [6, 6.07) is 4.39. The van der Waals surface area contributed by atoms with Crippen LogP contribution in [0, 0.1) is 10.1 Å². The predicted octanol–water partition coefficient (Wildman–Crippen LogP) is 0.544. The van der Waals surface area contributed by atoms with Gasteiger partial charge in [-0.2, -0.15) is 0 Å². The number of aromatic nitrogens is 3. The summed E-state index contributed by atoms with van der Waals surface area (Å²) in [5.41, 5.74) is 5.37. The number of nitrogens with two attached hydrogens (primary N) is 1. The lowest BCUT2D eigenvalue weighted by Crippen LogP contribution is -2.07. The van der Waals surface area contributed by atoms with Gasteiger partial charge in [-0.3, -0.25) is 10.1 Å². The average Bonchev–Trinajstić information content (AvgIpc) is 2.86. The van der Waals surface area contributed by atoms with Crippen molar-refractivity contribution in [3.05, 3.63) is 40.5 Å². The summed E-state index contributed by atoms with van der Waals surface area (Å²) in [5, 5.41) is 14.8. The van der Waals surface area contributed by atoms with Gasteiger partial charge in [-0.15, -0.1) is 5.10 Å². The Morgan fingerprint density at radius 3 is 2.89 bits per heavy atom. The Kier molecular flexibility index (Phi) is 3.10. The maximum absolute atomic E-state index is 11.2. The molecule has 0 spiro atoms.